The smallest absolute Gasteiger partial charge is 0.123 e. The van der Waals surface area contributed by atoms with E-state index in [1.165, 1.54) is 24.3 Å². The topological polar surface area (TPSA) is 12.9 Å². The molecule has 3 rings (SSSR count). The fraction of sp³-hybridized carbons (Fsp3) is 0. The third-order valence-electron chi connectivity index (χ3n) is 3.19. The molecule has 0 atom stereocenters. The van der Waals surface area contributed by atoms with E-state index in [4.69, 9.17) is 11.6 Å². The summed E-state index contributed by atoms with van der Waals surface area (Å²) < 4.78 is 26.0. The van der Waals surface area contributed by atoms with Gasteiger partial charge in [-0.05, 0) is 35.4 Å². The number of hydrogen-bond acceptors (Lipinski definition) is 1. The number of aromatic nitrogens is 1. The van der Waals surface area contributed by atoms with Gasteiger partial charge < -0.3 is 0 Å². The third-order valence-corrected chi connectivity index (χ3v) is 3.60. The molecule has 0 aliphatic heterocycles. The molecule has 0 amide bonds. The van der Waals surface area contributed by atoms with Crippen LogP contribution in [0.3, 0.4) is 0 Å². The van der Waals surface area contributed by atoms with Crippen molar-refractivity contribution in [3.8, 4) is 22.3 Å². The SMILES string of the molecule is Fc1ccc(-c2cncc(-c3ccc(F)cc3)c2Cl)cc1. The Balaban J connectivity index is 2.10. The molecule has 0 aliphatic rings. The number of hydrogen-bond donors (Lipinski definition) is 0. The molecular formula is C17H10ClF2N. The van der Waals surface area contributed by atoms with Crippen LogP contribution in [-0.2, 0) is 0 Å². The maximum absolute atomic E-state index is 13.0. The summed E-state index contributed by atoms with van der Waals surface area (Å²) in [4.78, 5) is 4.17. The maximum Gasteiger partial charge on any atom is 0.123 e. The van der Waals surface area contributed by atoms with Gasteiger partial charge in [0.15, 0.2) is 0 Å². The molecule has 0 saturated heterocycles. The van der Waals surface area contributed by atoms with E-state index in [0.717, 1.165) is 11.1 Å². The average molecular weight is 302 g/mol. The first-order valence-corrected chi connectivity index (χ1v) is 6.68. The van der Waals surface area contributed by atoms with Gasteiger partial charge in [0.05, 0.1) is 5.02 Å². The third kappa shape index (κ3) is 2.78. The van der Waals surface area contributed by atoms with Gasteiger partial charge in [-0.3, -0.25) is 4.98 Å². The Hall–Kier alpha value is -2.26. The Bertz CT molecular complexity index is 704. The van der Waals surface area contributed by atoms with Gasteiger partial charge in [0.25, 0.3) is 0 Å². The quantitative estimate of drug-likeness (QED) is 0.622. The van der Waals surface area contributed by atoms with Gasteiger partial charge in [0.2, 0.25) is 0 Å². The van der Waals surface area contributed by atoms with Crippen LogP contribution >= 0.6 is 11.6 Å². The lowest BCUT2D eigenvalue weighted by atomic mass is 10.0. The van der Waals surface area contributed by atoms with Gasteiger partial charge in [0.1, 0.15) is 11.6 Å². The largest absolute Gasteiger partial charge is 0.263 e. The summed E-state index contributed by atoms with van der Waals surface area (Å²) in [6.45, 7) is 0. The minimum absolute atomic E-state index is 0.308. The van der Waals surface area contributed by atoms with Crippen LogP contribution in [0.15, 0.2) is 60.9 Å². The second-order valence-electron chi connectivity index (χ2n) is 4.56. The number of benzene rings is 2. The molecule has 0 spiro atoms. The zero-order valence-electron chi connectivity index (χ0n) is 10.9. The summed E-state index contributed by atoms with van der Waals surface area (Å²) >= 11 is 6.43. The Kier molecular flexibility index (Phi) is 3.67. The highest BCUT2D eigenvalue weighted by Gasteiger charge is 2.11. The van der Waals surface area contributed by atoms with E-state index in [2.05, 4.69) is 4.98 Å². The molecule has 0 N–H and O–H groups in total. The summed E-state index contributed by atoms with van der Waals surface area (Å²) in [7, 11) is 0. The first kappa shape index (κ1) is 13.7. The van der Waals surface area contributed by atoms with Crippen molar-refractivity contribution in [1.82, 2.24) is 4.98 Å². The standard InChI is InChI=1S/C17H10ClF2N/c18-17-15(11-1-5-13(19)6-2-11)9-21-10-16(17)12-3-7-14(20)8-4-12/h1-10H. The average Bonchev–Trinajstić information content (AvgIpc) is 2.50. The normalized spacial score (nSPS) is 10.6. The molecule has 21 heavy (non-hydrogen) atoms. The van der Waals surface area contributed by atoms with Crippen molar-refractivity contribution in [2.24, 2.45) is 0 Å². The molecule has 2 aromatic carbocycles. The fourth-order valence-corrected chi connectivity index (χ4v) is 2.42. The second-order valence-corrected chi connectivity index (χ2v) is 4.94. The van der Waals surface area contributed by atoms with Crippen LogP contribution in [-0.4, -0.2) is 4.98 Å². The van der Waals surface area contributed by atoms with Crippen LogP contribution in [0.2, 0.25) is 5.02 Å². The number of pyridine rings is 1. The van der Waals surface area contributed by atoms with Crippen LogP contribution in [0.4, 0.5) is 8.78 Å². The number of rotatable bonds is 2. The van der Waals surface area contributed by atoms with Gasteiger partial charge in [0, 0.05) is 23.5 Å². The zero-order chi connectivity index (χ0) is 14.8. The minimum atomic E-state index is -0.308. The highest BCUT2D eigenvalue weighted by molar-refractivity contribution is 6.36. The van der Waals surface area contributed by atoms with Crippen LogP contribution in [0.1, 0.15) is 0 Å². The van der Waals surface area contributed by atoms with E-state index in [9.17, 15) is 8.78 Å². The van der Waals surface area contributed by atoms with Crippen molar-refractivity contribution >= 4 is 11.6 Å². The summed E-state index contributed by atoms with van der Waals surface area (Å²) in [5, 5.41) is 0.503. The summed E-state index contributed by atoms with van der Waals surface area (Å²) in [6.07, 6.45) is 3.26. The van der Waals surface area contributed by atoms with Gasteiger partial charge in [-0.25, -0.2) is 8.78 Å². The van der Waals surface area contributed by atoms with E-state index < -0.39 is 0 Å². The van der Waals surface area contributed by atoms with E-state index >= 15 is 0 Å². The lowest BCUT2D eigenvalue weighted by molar-refractivity contribution is 0.627. The van der Waals surface area contributed by atoms with Gasteiger partial charge in [-0.15, -0.1) is 0 Å². The minimum Gasteiger partial charge on any atom is -0.263 e. The monoisotopic (exact) mass is 301 g/mol. The maximum atomic E-state index is 13.0. The molecule has 3 aromatic rings. The fourth-order valence-electron chi connectivity index (χ4n) is 2.11. The Morgan fingerprint density at radius 1 is 0.667 bits per heavy atom. The van der Waals surface area contributed by atoms with Crippen LogP contribution in [0.5, 0.6) is 0 Å². The van der Waals surface area contributed by atoms with Crippen molar-refractivity contribution in [2.45, 2.75) is 0 Å². The summed E-state index contributed by atoms with van der Waals surface area (Å²) in [5.41, 5.74) is 2.97. The molecule has 0 aliphatic carbocycles. The van der Waals surface area contributed by atoms with Gasteiger partial charge >= 0.3 is 0 Å². The predicted octanol–water partition coefficient (Wildman–Crippen LogP) is 5.35. The van der Waals surface area contributed by atoms with Crippen molar-refractivity contribution in [3.63, 3.8) is 0 Å². The van der Waals surface area contributed by atoms with E-state index in [0.29, 0.717) is 16.1 Å². The van der Waals surface area contributed by atoms with E-state index in [1.807, 2.05) is 0 Å². The van der Waals surface area contributed by atoms with Crippen LogP contribution < -0.4 is 0 Å². The molecule has 0 bridgehead atoms. The lowest BCUT2D eigenvalue weighted by Crippen LogP contribution is -1.88. The van der Waals surface area contributed by atoms with Crippen LogP contribution in [0, 0.1) is 11.6 Å². The Labute approximate surface area is 125 Å². The van der Waals surface area contributed by atoms with Crippen molar-refractivity contribution < 1.29 is 8.78 Å². The lowest BCUT2D eigenvalue weighted by Gasteiger charge is -2.09. The van der Waals surface area contributed by atoms with E-state index in [1.54, 1.807) is 36.7 Å². The summed E-state index contributed by atoms with van der Waals surface area (Å²) in [6, 6.07) is 12.1. The number of nitrogens with zero attached hydrogens (tertiary/aromatic N) is 1. The Morgan fingerprint density at radius 3 is 1.43 bits per heavy atom. The van der Waals surface area contributed by atoms with Gasteiger partial charge in [-0.2, -0.15) is 0 Å². The molecule has 0 unspecified atom stereocenters. The second kappa shape index (κ2) is 5.62. The van der Waals surface area contributed by atoms with Crippen molar-refractivity contribution in [2.75, 3.05) is 0 Å². The molecular weight excluding hydrogens is 292 g/mol. The zero-order valence-corrected chi connectivity index (χ0v) is 11.6. The molecule has 4 heteroatoms. The molecule has 104 valence electrons. The summed E-state index contributed by atoms with van der Waals surface area (Å²) in [5.74, 6) is -0.616. The van der Waals surface area contributed by atoms with Crippen LogP contribution in [0.25, 0.3) is 22.3 Å². The van der Waals surface area contributed by atoms with Crippen molar-refractivity contribution in [1.29, 1.82) is 0 Å². The Morgan fingerprint density at radius 2 is 1.05 bits per heavy atom. The molecule has 0 radical (unpaired) electrons. The molecule has 0 saturated carbocycles. The molecule has 1 aromatic heterocycles. The highest BCUT2D eigenvalue weighted by Crippen LogP contribution is 2.35. The van der Waals surface area contributed by atoms with E-state index in [-0.39, 0.29) is 11.6 Å². The first-order valence-electron chi connectivity index (χ1n) is 6.30. The van der Waals surface area contributed by atoms with Crippen molar-refractivity contribution in [3.05, 3.63) is 77.6 Å². The molecule has 0 fully saturated rings. The molecule has 1 nitrogen and oxygen atoms in total. The molecule has 1 heterocycles. The van der Waals surface area contributed by atoms with Gasteiger partial charge in [-0.1, -0.05) is 35.9 Å². The first-order chi connectivity index (χ1) is 10.1. The highest BCUT2D eigenvalue weighted by atomic mass is 35.5. The predicted molar refractivity (Wildman–Crippen MR) is 80.0 cm³/mol. The number of halogens is 3.